The number of carbonyl (C=O) groups is 2. The molecule has 5 heteroatoms. The average Bonchev–Trinajstić information content (AvgIpc) is 2.55. The zero-order chi connectivity index (χ0) is 11.4. The lowest BCUT2D eigenvalue weighted by Crippen LogP contribution is -2.41. The molecule has 0 saturated carbocycles. The Balaban J connectivity index is 1.72. The van der Waals surface area contributed by atoms with Gasteiger partial charge in [0.25, 0.3) is 0 Å². The third-order valence-corrected chi connectivity index (χ3v) is 3.22. The Bertz CT molecular complexity index is 280. The van der Waals surface area contributed by atoms with Crippen molar-refractivity contribution in [2.24, 2.45) is 0 Å². The summed E-state index contributed by atoms with van der Waals surface area (Å²) in [7, 11) is 0. The molecular formula is C11H19N3O2. The molecule has 2 saturated heterocycles. The fourth-order valence-corrected chi connectivity index (χ4v) is 2.29. The number of rotatable bonds is 3. The highest BCUT2D eigenvalue weighted by atomic mass is 16.2. The van der Waals surface area contributed by atoms with Crippen LogP contribution in [-0.4, -0.2) is 37.0 Å². The molecule has 0 bridgehead atoms. The topological polar surface area (TPSA) is 70.2 Å². The minimum absolute atomic E-state index is 0.130. The van der Waals surface area contributed by atoms with Gasteiger partial charge in [0.15, 0.2) is 0 Å². The molecule has 90 valence electrons. The molecule has 2 heterocycles. The highest BCUT2D eigenvalue weighted by molar-refractivity contribution is 5.78. The quantitative estimate of drug-likeness (QED) is 0.608. The molecule has 0 aromatic heterocycles. The second kappa shape index (κ2) is 5.30. The number of amides is 2. The van der Waals surface area contributed by atoms with Crippen LogP contribution in [0.4, 0.5) is 0 Å². The predicted octanol–water partition coefficient (Wildman–Crippen LogP) is -0.477. The molecule has 0 aromatic rings. The zero-order valence-corrected chi connectivity index (χ0v) is 9.42. The second-order valence-corrected chi connectivity index (χ2v) is 4.60. The standard InChI is InChI=1S/C11H19N3O2/c15-10-4-3-9(14-10)7-13-8-2-1-5-12-11(16)6-8/h8-9,13H,1-7H2,(H,12,16)(H,14,15). The fourth-order valence-electron chi connectivity index (χ4n) is 2.29. The van der Waals surface area contributed by atoms with E-state index in [-0.39, 0.29) is 23.9 Å². The molecule has 2 rings (SSSR count). The highest BCUT2D eigenvalue weighted by Gasteiger charge is 2.22. The van der Waals surface area contributed by atoms with E-state index in [1.54, 1.807) is 0 Å². The van der Waals surface area contributed by atoms with Crippen LogP contribution in [0.25, 0.3) is 0 Å². The van der Waals surface area contributed by atoms with Crippen molar-refractivity contribution in [1.29, 1.82) is 0 Å². The molecule has 0 aromatic carbocycles. The predicted molar refractivity (Wildman–Crippen MR) is 59.8 cm³/mol. The van der Waals surface area contributed by atoms with Crippen LogP contribution in [0.15, 0.2) is 0 Å². The van der Waals surface area contributed by atoms with E-state index in [9.17, 15) is 9.59 Å². The van der Waals surface area contributed by atoms with Crippen molar-refractivity contribution < 1.29 is 9.59 Å². The van der Waals surface area contributed by atoms with Gasteiger partial charge in [-0.15, -0.1) is 0 Å². The van der Waals surface area contributed by atoms with Gasteiger partial charge < -0.3 is 16.0 Å². The second-order valence-electron chi connectivity index (χ2n) is 4.60. The maximum atomic E-state index is 11.3. The lowest BCUT2D eigenvalue weighted by molar-refractivity contribution is -0.121. The normalized spacial score (nSPS) is 30.8. The molecule has 2 amide bonds. The van der Waals surface area contributed by atoms with Crippen LogP contribution in [0, 0.1) is 0 Å². The number of nitrogens with one attached hydrogen (secondary N) is 3. The van der Waals surface area contributed by atoms with E-state index in [1.807, 2.05) is 0 Å². The Labute approximate surface area is 95.3 Å². The molecular weight excluding hydrogens is 206 g/mol. The Morgan fingerprint density at radius 1 is 1.25 bits per heavy atom. The molecule has 2 fully saturated rings. The van der Waals surface area contributed by atoms with Gasteiger partial charge in [0.1, 0.15) is 0 Å². The fraction of sp³-hybridized carbons (Fsp3) is 0.818. The monoisotopic (exact) mass is 225 g/mol. The lowest BCUT2D eigenvalue weighted by Gasteiger charge is -2.18. The molecule has 3 N–H and O–H groups in total. The van der Waals surface area contributed by atoms with Gasteiger partial charge in [-0.25, -0.2) is 0 Å². The van der Waals surface area contributed by atoms with Crippen LogP contribution in [0.2, 0.25) is 0 Å². The van der Waals surface area contributed by atoms with Crippen molar-refractivity contribution in [2.75, 3.05) is 13.1 Å². The zero-order valence-electron chi connectivity index (χ0n) is 9.42. The van der Waals surface area contributed by atoms with Gasteiger partial charge in [0.05, 0.1) is 0 Å². The van der Waals surface area contributed by atoms with E-state index < -0.39 is 0 Å². The third kappa shape index (κ3) is 3.20. The lowest BCUT2D eigenvalue weighted by atomic mass is 10.1. The summed E-state index contributed by atoms with van der Waals surface area (Å²) in [5.74, 6) is 0.274. The molecule has 5 nitrogen and oxygen atoms in total. The number of carbonyl (C=O) groups excluding carboxylic acids is 2. The highest BCUT2D eigenvalue weighted by Crippen LogP contribution is 2.09. The van der Waals surface area contributed by atoms with Crippen molar-refractivity contribution in [1.82, 2.24) is 16.0 Å². The summed E-state index contributed by atoms with van der Waals surface area (Å²) in [4.78, 5) is 22.3. The minimum atomic E-state index is 0.130. The van der Waals surface area contributed by atoms with Crippen molar-refractivity contribution in [2.45, 2.75) is 44.2 Å². The summed E-state index contributed by atoms with van der Waals surface area (Å²) in [6.45, 7) is 1.57. The van der Waals surface area contributed by atoms with Gasteiger partial charge in [0.2, 0.25) is 11.8 Å². The van der Waals surface area contributed by atoms with Crippen molar-refractivity contribution in [3.05, 3.63) is 0 Å². The van der Waals surface area contributed by atoms with E-state index in [4.69, 9.17) is 0 Å². The van der Waals surface area contributed by atoms with Crippen molar-refractivity contribution in [3.63, 3.8) is 0 Å². The first-order valence-electron chi connectivity index (χ1n) is 6.03. The first-order valence-corrected chi connectivity index (χ1v) is 6.03. The largest absolute Gasteiger partial charge is 0.356 e. The van der Waals surface area contributed by atoms with E-state index in [1.165, 1.54) is 0 Å². The van der Waals surface area contributed by atoms with Gasteiger partial charge >= 0.3 is 0 Å². The van der Waals surface area contributed by atoms with E-state index in [0.717, 1.165) is 32.4 Å². The Morgan fingerprint density at radius 2 is 2.12 bits per heavy atom. The maximum absolute atomic E-state index is 11.3. The third-order valence-electron chi connectivity index (χ3n) is 3.22. The van der Waals surface area contributed by atoms with Crippen LogP contribution < -0.4 is 16.0 Å². The smallest absolute Gasteiger partial charge is 0.221 e. The Morgan fingerprint density at radius 3 is 2.88 bits per heavy atom. The van der Waals surface area contributed by atoms with Crippen LogP contribution in [-0.2, 0) is 9.59 Å². The molecule has 16 heavy (non-hydrogen) atoms. The summed E-state index contributed by atoms with van der Waals surface area (Å²) in [6, 6.07) is 0.513. The van der Waals surface area contributed by atoms with Gasteiger partial charge in [0, 0.05) is 38.0 Å². The summed E-state index contributed by atoms with van der Waals surface area (Å²) in [6.07, 6.45) is 4.16. The van der Waals surface area contributed by atoms with Gasteiger partial charge in [-0.1, -0.05) is 0 Å². The molecule has 0 aliphatic carbocycles. The van der Waals surface area contributed by atoms with Crippen LogP contribution >= 0.6 is 0 Å². The molecule has 2 atom stereocenters. The Hall–Kier alpha value is -1.10. The van der Waals surface area contributed by atoms with E-state index in [2.05, 4.69) is 16.0 Å². The summed E-state index contributed by atoms with van der Waals surface area (Å²) >= 11 is 0. The van der Waals surface area contributed by atoms with Crippen LogP contribution in [0.1, 0.15) is 32.1 Å². The Kier molecular flexibility index (Phi) is 3.77. The van der Waals surface area contributed by atoms with Gasteiger partial charge in [-0.3, -0.25) is 9.59 Å². The first-order chi connectivity index (χ1) is 7.74. The van der Waals surface area contributed by atoms with Crippen LogP contribution in [0.5, 0.6) is 0 Å². The SMILES string of the molecule is O=C1CC(NCC2CCC(=O)N2)CCCN1. The number of hydrogen-bond acceptors (Lipinski definition) is 3. The number of hydrogen-bond donors (Lipinski definition) is 3. The minimum Gasteiger partial charge on any atom is -0.356 e. The molecule has 2 unspecified atom stereocenters. The van der Waals surface area contributed by atoms with Crippen molar-refractivity contribution >= 4 is 11.8 Å². The van der Waals surface area contributed by atoms with Gasteiger partial charge in [-0.05, 0) is 19.3 Å². The first kappa shape index (κ1) is 11.4. The van der Waals surface area contributed by atoms with E-state index >= 15 is 0 Å². The molecule has 0 radical (unpaired) electrons. The van der Waals surface area contributed by atoms with Crippen molar-refractivity contribution in [3.8, 4) is 0 Å². The summed E-state index contributed by atoms with van der Waals surface area (Å²) < 4.78 is 0. The molecule has 2 aliphatic rings. The summed E-state index contributed by atoms with van der Waals surface area (Å²) in [5.41, 5.74) is 0. The molecule has 0 spiro atoms. The van der Waals surface area contributed by atoms with Gasteiger partial charge in [-0.2, -0.15) is 0 Å². The molecule has 2 aliphatic heterocycles. The van der Waals surface area contributed by atoms with Crippen LogP contribution in [0.3, 0.4) is 0 Å². The average molecular weight is 225 g/mol. The maximum Gasteiger partial charge on any atom is 0.221 e. The van der Waals surface area contributed by atoms with E-state index in [0.29, 0.717) is 12.8 Å². The summed E-state index contributed by atoms with van der Waals surface area (Å²) in [5, 5.41) is 9.16.